The summed E-state index contributed by atoms with van der Waals surface area (Å²) in [6.45, 7) is 5.96. The lowest BCUT2D eigenvalue weighted by molar-refractivity contribution is 0.301. The van der Waals surface area contributed by atoms with E-state index < -0.39 is 0 Å². The molecule has 0 aromatic heterocycles. The smallest absolute Gasteiger partial charge is 0.130 e. The van der Waals surface area contributed by atoms with Crippen LogP contribution in [0.2, 0.25) is 0 Å². The van der Waals surface area contributed by atoms with E-state index in [1.54, 1.807) is 0 Å². The van der Waals surface area contributed by atoms with Gasteiger partial charge in [0.15, 0.2) is 0 Å². The van der Waals surface area contributed by atoms with Crippen LogP contribution >= 0.6 is 15.9 Å². The first kappa shape index (κ1) is 22.1. The number of alkyl halides is 1. The summed E-state index contributed by atoms with van der Waals surface area (Å²) >= 11 is 3.49. The van der Waals surface area contributed by atoms with Crippen molar-refractivity contribution in [3.63, 3.8) is 0 Å². The molecule has 0 atom stereocenters. The van der Waals surface area contributed by atoms with Crippen LogP contribution in [0.25, 0.3) is 10.8 Å². The van der Waals surface area contributed by atoms with Crippen molar-refractivity contribution in [3.05, 3.63) is 35.9 Å². The van der Waals surface area contributed by atoms with Gasteiger partial charge in [-0.05, 0) is 37.3 Å². The third-order valence-corrected chi connectivity index (χ3v) is 5.51. The molecular weight excluding hydrogens is 400 g/mol. The van der Waals surface area contributed by atoms with Crippen LogP contribution < -0.4 is 9.47 Å². The number of benzene rings is 2. The van der Waals surface area contributed by atoms with E-state index in [9.17, 15) is 0 Å². The largest absolute Gasteiger partial charge is 0.493 e. The zero-order valence-corrected chi connectivity index (χ0v) is 18.7. The molecule has 0 aliphatic heterocycles. The monoisotopic (exact) mass is 434 g/mol. The molecule has 0 N–H and O–H groups in total. The Balaban J connectivity index is 2.01. The lowest BCUT2D eigenvalue weighted by Crippen LogP contribution is -2.03. The topological polar surface area (TPSA) is 18.5 Å². The van der Waals surface area contributed by atoms with Crippen LogP contribution in [-0.2, 0) is 6.42 Å². The zero-order chi connectivity index (χ0) is 19.3. The van der Waals surface area contributed by atoms with E-state index in [0.29, 0.717) is 0 Å². The quantitative estimate of drug-likeness (QED) is 0.224. The Bertz CT molecular complexity index is 669. The molecule has 2 rings (SSSR count). The molecule has 0 fully saturated rings. The van der Waals surface area contributed by atoms with Crippen LogP contribution in [0.15, 0.2) is 30.3 Å². The first-order valence-electron chi connectivity index (χ1n) is 10.7. The number of aryl methyl sites for hydroxylation is 1. The van der Waals surface area contributed by atoms with E-state index in [-0.39, 0.29) is 0 Å². The van der Waals surface area contributed by atoms with E-state index in [2.05, 4.69) is 60.1 Å². The number of unbranched alkanes of at least 4 members (excludes halogenated alkanes) is 6. The van der Waals surface area contributed by atoms with Gasteiger partial charge >= 0.3 is 0 Å². The van der Waals surface area contributed by atoms with Crippen molar-refractivity contribution in [2.24, 2.45) is 0 Å². The van der Waals surface area contributed by atoms with Crippen LogP contribution in [0.3, 0.4) is 0 Å². The fourth-order valence-corrected chi connectivity index (χ4v) is 3.72. The van der Waals surface area contributed by atoms with E-state index in [1.165, 1.54) is 48.4 Å². The van der Waals surface area contributed by atoms with E-state index >= 15 is 0 Å². The summed E-state index contributed by atoms with van der Waals surface area (Å²) in [6.07, 6.45) is 10.8. The molecule has 27 heavy (non-hydrogen) atoms. The zero-order valence-electron chi connectivity index (χ0n) is 17.1. The van der Waals surface area contributed by atoms with Gasteiger partial charge in [0.05, 0.1) is 13.2 Å². The van der Waals surface area contributed by atoms with Crippen LogP contribution in [0.1, 0.15) is 70.8 Å². The Morgan fingerprint density at radius 3 is 2.15 bits per heavy atom. The summed E-state index contributed by atoms with van der Waals surface area (Å²) in [5.74, 6) is 2.05. The molecule has 150 valence electrons. The predicted octanol–water partition coefficient (Wildman–Crippen LogP) is 7.70. The molecule has 0 unspecified atom stereocenters. The molecule has 0 radical (unpaired) electrons. The van der Waals surface area contributed by atoms with Crippen molar-refractivity contribution in [3.8, 4) is 11.5 Å². The van der Waals surface area contributed by atoms with Crippen LogP contribution in [0, 0.1) is 0 Å². The summed E-state index contributed by atoms with van der Waals surface area (Å²) in [7, 11) is 0. The minimum absolute atomic E-state index is 0.781. The number of hydrogen-bond acceptors (Lipinski definition) is 2. The second-order valence-corrected chi connectivity index (χ2v) is 7.92. The lowest BCUT2D eigenvalue weighted by atomic mass is 10.0. The SMILES string of the molecule is CCCCOc1c(CC)cc(OCCCCCCCCBr)c2ccccc12. The maximum absolute atomic E-state index is 6.21. The minimum Gasteiger partial charge on any atom is -0.493 e. The maximum Gasteiger partial charge on any atom is 0.130 e. The molecule has 2 aromatic carbocycles. The highest BCUT2D eigenvalue weighted by Crippen LogP contribution is 2.37. The average molecular weight is 435 g/mol. The number of ether oxygens (including phenoxy) is 2. The Morgan fingerprint density at radius 1 is 0.778 bits per heavy atom. The standard InChI is InChI=1S/C24H35BrO2/c1-3-5-17-27-24-20(4-2)19-23(21-14-10-11-15-22(21)24)26-18-13-9-7-6-8-12-16-25/h10-11,14-15,19H,3-9,12-13,16-18H2,1-2H3. The summed E-state index contributed by atoms with van der Waals surface area (Å²) in [5, 5.41) is 3.47. The van der Waals surface area contributed by atoms with Crippen molar-refractivity contribution in [1.82, 2.24) is 0 Å². The molecular formula is C24H35BrO2. The second kappa shape index (κ2) is 13.0. The van der Waals surface area contributed by atoms with Gasteiger partial charge < -0.3 is 9.47 Å². The number of rotatable bonds is 14. The lowest BCUT2D eigenvalue weighted by Gasteiger charge is -2.17. The molecule has 0 saturated heterocycles. The van der Waals surface area contributed by atoms with Gasteiger partial charge in [-0.15, -0.1) is 0 Å². The average Bonchev–Trinajstić information content (AvgIpc) is 2.70. The Kier molecular flexibility index (Phi) is 10.7. The van der Waals surface area contributed by atoms with Gasteiger partial charge in [0.25, 0.3) is 0 Å². The van der Waals surface area contributed by atoms with Gasteiger partial charge in [0.1, 0.15) is 11.5 Å². The van der Waals surface area contributed by atoms with Gasteiger partial charge in [0, 0.05) is 16.1 Å². The predicted molar refractivity (Wildman–Crippen MR) is 121 cm³/mol. The Hall–Kier alpha value is -1.22. The summed E-state index contributed by atoms with van der Waals surface area (Å²) in [5.41, 5.74) is 1.24. The molecule has 0 saturated carbocycles. The highest BCUT2D eigenvalue weighted by Gasteiger charge is 2.13. The third-order valence-electron chi connectivity index (χ3n) is 4.94. The molecule has 0 aliphatic carbocycles. The highest BCUT2D eigenvalue weighted by atomic mass is 79.9. The Morgan fingerprint density at radius 2 is 1.44 bits per heavy atom. The van der Waals surface area contributed by atoms with Crippen LogP contribution in [-0.4, -0.2) is 18.5 Å². The number of fused-ring (bicyclic) bond motifs is 1. The Labute approximate surface area is 173 Å². The minimum atomic E-state index is 0.781. The third kappa shape index (κ3) is 7.03. The van der Waals surface area contributed by atoms with Gasteiger partial charge in [-0.2, -0.15) is 0 Å². The van der Waals surface area contributed by atoms with E-state index in [0.717, 1.165) is 55.7 Å². The van der Waals surface area contributed by atoms with Crippen molar-refractivity contribution < 1.29 is 9.47 Å². The second-order valence-electron chi connectivity index (χ2n) is 7.12. The fraction of sp³-hybridized carbons (Fsp3) is 0.583. The normalized spacial score (nSPS) is 11.1. The molecule has 0 aliphatic rings. The highest BCUT2D eigenvalue weighted by molar-refractivity contribution is 9.09. The number of halogens is 1. The summed E-state index contributed by atoms with van der Waals surface area (Å²) < 4.78 is 12.4. The van der Waals surface area contributed by atoms with Crippen molar-refractivity contribution in [2.45, 2.75) is 71.6 Å². The molecule has 2 nitrogen and oxygen atoms in total. The van der Waals surface area contributed by atoms with E-state index in [4.69, 9.17) is 9.47 Å². The van der Waals surface area contributed by atoms with Gasteiger partial charge in [-0.3, -0.25) is 0 Å². The van der Waals surface area contributed by atoms with E-state index in [1.807, 2.05) is 0 Å². The molecule has 3 heteroatoms. The first-order valence-corrected chi connectivity index (χ1v) is 11.8. The van der Waals surface area contributed by atoms with Crippen molar-refractivity contribution in [1.29, 1.82) is 0 Å². The van der Waals surface area contributed by atoms with Gasteiger partial charge in [0.2, 0.25) is 0 Å². The van der Waals surface area contributed by atoms with Gasteiger partial charge in [-0.25, -0.2) is 0 Å². The van der Waals surface area contributed by atoms with Crippen molar-refractivity contribution in [2.75, 3.05) is 18.5 Å². The van der Waals surface area contributed by atoms with Crippen LogP contribution in [0.4, 0.5) is 0 Å². The number of hydrogen-bond donors (Lipinski definition) is 0. The summed E-state index contributed by atoms with van der Waals surface area (Å²) in [6, 6.07) is 10.7. The summed E-state index contributed by atoms with van der Waals surface area (Å²) in [4.78, 5) is 0. The van der Waals surface area contributed by atoms with Gasteiger partial charge in [-0.1, -0.05) is 86.1 Å². The molecule has 0 heterocycles. The molecule has 0 amide bonds. The van der Waals surface area contributed by atoms with Crippen molar-refractivity contribution >= 4 is 26.7 Å². The molecule has 2 aromatic rings. The molecule has 0 spiro atoms. The first-order chi connectivity index (χ1) is 13.3. The molecule has 0 bridgehead atoms. The van der Waals surface area contributed by atoms with Crippen LogP contribution in [0.5, 0.6) is 11.5 Å². The maximum atomic E-state index is 6.21. The fourth-order valence-electron chi connectivity index (χ4n) is 3.33.